The number of aliphatic hydroxyl groups excluding tert-OH is 1. The summed E-state index contributed by atoms with van der Waals surface area (Å²) < 4.78 is 12.9. The van der Waals surface area contributed by atoms with Gasteiger partial charge >= 0.3 is 5.97 Å². The van der Waals surface area contributed by atoms with E-state index in [1.54, 1.807) is 26.0 Å². The summed E-state index contributed by atoms with van der Waals surface area (Å²) in [7, 11) is 0. The number of aliphatic hydroxyl groups is 1. The molecule has 2 N–H and O–H groups in total. The molecule has 3 amide bonds. The lowest BCUT2D eigenvalue weighted by Crippen LogP contribution is -2.60. The molecule has 9 atom stereocenters. The maximum absolute atomic E-state index is 14.7. The summed E-state index contributed by atoms with van der Waals surface area (Å²) in [5.74, 6) is -3.41. The monoisotopic (exact) mass is 713 g/mol. The predicted octanol–water partition coefficient (Wildman–Crippen LogP) is 4.22. The van der Waals surface area contributed by atoms with E-state index in [0.29, 0.717) is 24.9 Å². The molecule has 1 spiro atoms. The molecule has 1 aromatic rings. The Bertz CT molecular complexity index is 1340. The highest BCUT2D eigenvalue weighted by molar-refractivity contribution is 9.09. The first-order valence-corrected chi connectivity index (χ1v) is 17.8. The number of carbonyl (C=O) groups excluding carboxylic acids is 4. The Labute approximate surface area is 286 Å². The molecule has 1 aliphatic carbocycles. The molecule has 4 fully saturated rings. The van der Waals surface area contributed by atoms with Crippen LogP contribution in [0.3, 0.4) is 0 Å². The minimum Gasteiger partial charge on any atom is -0.455 e. The maximum atomic E-state index is 14.7. The average Bonchev–Trinajstić information content (AvgIpc) is 3.68. The van der Waals surface area contributed by atoms with Gasteiger partial charge in [-0.05, 0) is 45.1 Å². The van der Waals surface area contributed by atoms with Crippen LogP contribution in [0.4, 0.5) is 0 Å². The molecule has 2 bridgehead atoms. The Morgan fingerprint density at radius 3 is 2.51 bits per heavy atom. The number of benzene rings is 1. The first kappa shape index (κ1) is 35.3. The molecule has 3 aliphatic heterocycles. The Balaban J connectivity index is 1.48. The largest absolute Gasteiger partial charge is 0.455 e. The minimum atomic E-state index is -1.28. The summed E-state index contributed by atoms with van der Waals surface area (Å²) in [6, 6.07) is 6.93. The molecule has 256 valence electrons. The second-order valence-corrected chi connectivity index (χ2v) is 14.6. The van der Waals surface area contributed by atoms with Gasteiger partial charge in [-0.3, -0.25) is 19.2 Å². The molecule has 3 heterocycles. The zero-order valence-electron chi connectivity index (χ0n) is 27.4. The average molecular weight is 715 g/mol. The fourth-order valence-corrected chi connectivity index (χ4v) is 9.17. The molecular formula is C36H48BrN3O7. The van der Waals surface area contributed by atoms with Crippen LogP contribution >= 0.6 is 15.9 Å². The van der Waals surface area contributed by atoms with Crippen LogP contribution in [0.5, 0.6) is 0 Å². The molecule has 5 rings (SSSR count). The van der Waals surface area contributed by atoms with E-state index >= 15 is 0 Å². The van der Waals surface area contributed by atoms with Crippen LogP contribution in [-0.2, 0) is 28.7 Å². The van der Waals surface area contributed by atoms with Crippen LogP contribution in [0.25, 0.3) is 0 Å². The number of nitrogens with one attached hydrogen (secondary N) is 1. The van der Waals surface area contributed by atoms with Crippen molar-refractivity contribution in [2.45, 2.75) is 112 Å². The number of hydrogen-bond acceptors (Lipinski definition) is 7. The van der Waals surface area contributed by atoms with E-state index in [2.05, 4.69) is 34.4 Å². The quantitative estimate of drug-likeness (QED) is 0.168. The molecule has 0 aromatic heterocycles. The molecule has 10 nitrogen and oxygen atoms in total. The van der Waals surface area contributed by atoms with Crippen molar-refractivity contribution in [2.75, 3.05) is 13.2 Å². The second-order valence-electron chi connectivity index (χ2n) is 13.5. The molecule has 0 radical (unpaired) electrons. The first-order valence-electron chi connectivity index (χ1n) is 16.9. The van der Waals surface area contributed by atoms with Gasteiger partial charge in [-0.25, -0.2) is 0 Å². The summed E-state index contributed by atoms with van der Waals surface area (Å²) in [5.41, 5.74) is -0.582. The van der Waals surface area contributed by atoms with Crippen LogP contribution in [0.2, 0.25) is 0 Å². The summed E-state index contributed by atoms with van der Waals surface area (Å²) in [4.78, 5) is 59.1. The van der Waals surface area contributed by atoms with Gasteiger partial charge in [-0.1, -0.05) is 77.7 Å². The lowest BCUT2D eigenvalue weighted by molar-refractivity contribution is -0.162. The Morgan fingerprint density at radius 2 is 1.87 bits per heavy atom. The standard InChI is InChI=1S/C36H48BrN3O7/c1-5-7-18-27(42)38-23(4)30(24-14-10-8-11-15-24)46-35(45)28-29-33(43)40(22(3)21-41)32(36(29)20-26(37)31(28)47-36)34(44)39(19-6-2)25-16-12-9-13-17-25/h5-6,8,10-11,14-15,22-23,25-26,28-32,41H,1-2,7,9,12-13,16-21H2,3-4H3,(H,38,42)/t22-,23-,26?,28+,29-,30-,31+,32+,36-/m1/s1. The number of esters is 1. The van der Waals surface area contributed by atoms with Gasteiger partial charge in [-0.2, -0.15) is 0 Å². The van der Waals surface area contributed by atoms with Crippen molar-refractivity contribution in [3.05, 3.63) is 61.2 Å². The highest BCUT2D eigenvalue weighted by Crippen LogP contribution is 2.61. The van der Waals surface area contributed by atoms with E-state index in [1.807, 2.05) is 35.2 Å². The van der Waals surface area contributed by atoms with Crippen LogP contribution in [0.1, 0.15) is 76.9 Å². The predicted molar refractivity (Wildman–Crippen MR) is 180 cm³/mol. The summed E-state index contributed by atoms with van der Waals surface area (Å²) in [6.07, 6.45) is 7.87. The third-order valence-electron chi connectivity index (χ3n) is 10.4. The number of amides is 3. The molecule has 1 aromatic carbocycles. The fourth-order valence-electron chi connectivity index (χ4n) is 8.23. The van der Waals surface area contributed by atoms with Gasteiger partial charge in [0.1, 0.15) is 17.7 Å². The number of halogens is 1. The van der Waals surface area contributed by atoms with Crippen LogP contribution in [0, 0.1) is 11.8 Å². The normalized spacial score (nSPS) is 30.3. The minimum absolute atomic E-state index is 0.0139. The molecule has 11 heteroatoms. The summed E-state index contributed by atoms with van der Waals surface area (Å²) in [6.45, 7) is 11.1. The van der Waals surface area contributed by atoms with Crippen molar-refractivity contribution in [3.8, 4) is 0 Å². The SMILES string of the molecule is C=CCCC(=O)N[C@H](C)[C@@H](OC(=O)[C@@H]1[C@H]2O[C@@]3(CC2Br)[C@H](C(=O)N(CC=C)C2CCCCC2)N([C@H](C)CO)C(=O)[C@@H]13)c1ccccc1. The highest BCUT2D eigenvalue weighted by Gasteiger charge is 2.77. The number of hydrogen-bond donors (Lipinski definition) is 2. The smallest absolute Gasteiger partial charge is 0.313 e. The van der Waals surface area contributed by atoms with E-state index in [1.165, 1.54) is 4.90 Å². The number of carbonyl (C=O) groups is 4. The first-order chi connectivity index (χ1) is 22.6. The number of allylic oxidation sites excluding steroid dienone is 1. The maximum Gasteiger partial charge on any atom is 0.313 e. The number of fused-ring (bicyclic) bond motifs is 1. The highest BCUT2D eigenvalue weighted by atomic mass is 79.9. The third-order valence-corrected chi connectivity index (χ3v) is 11.2. The molecule has 1 unspecified atom stereocenters. The van der Waals surface area contributed by atoms with Crippen molar-refractivity contribution in [2.24, 2.45) is 11.8 Å². The van der Waals surface area contributed by atoms with Gasteiger partial charge < -0.3 is 29.7 Å². The Hall–Kier alpha value is -3.02. The number of nitrogens with zero attached hydrogens (tertiary/aromatic N) is 2. The van der Waals surface area contributed by atoms with E-state index in [0.717, 1.165) is 32.1 Å². The summed E-state index contributed by atoms with van der Waals surface area (Å²) >= 11 is 3.73. The van der Waals surface area contributed by atoms with Crippen molar-refractivity contribution in [3.63, 3.8) is 0 Å². The molecule has 4 aliphatic rings. The van der Waals surface area contributed by atoms with Gasteiger partial charge in [-0.15, -0.1) is 13.2 Å². The van der Waals surface area contributed by atoms with E-state index in [-0.39, 0.29) is 35.7 Å². The van der Waals surface area contributed by atoms with E-state index in [9.17, 15) is 24.3 Å². The van der Waals surface area contributed by atoms with Gasteiger partial charge in [0.05, 0.1) is 36.6 Å². The molecule has 3 saturated heterocycles. The molecule has 47 heavy (non-hydrogen) atoms. The van der Waals surface area contributed by atoms with Gasteiger partial charge in [0.25, 0.3) is 0 Å². The molecular weight excluding hydrogens is 666 g/mol. The van der Waals surface area contributed by atoms with Crippen molar-refractivity contribution in [1.29, 1.82) is 0 Å². The Morgan fingerprint density at radius 1 is 1.17 bits per heavy atom. The van der Waals surface area contributed by atoms with Crippen LogP contribution in [-0.4, -0.2) is 92.4 Å². The van der Waals surface area contributed by atoms with Crippen LogP contribution < -0.4 is 5.32 Å². The van der Waals surface area contributed by atoms with Gasteiger partial charge in [0.15, 0.2) is 0 Å². The zero-order chi connectivity index (χ0) is 33.9. The summed E-state index contributed by atoms with van der Waals surface area (Å²) in [5, 5.41) is 13.2. The van der Waals surface area contributed by atoms with Gasteiger partial charge in [0.2, 0.25) is 17.7 Å². The van der Waals surface area contributed by atoms with Crippen molar-refractivity contribution in [1.82, 2.24) is 15.1 Å². The Kier molecular flexibility index (Phi) is 11.3. The van der Waals surface area contributed by atoms with Crippen molar-refractivity contribution >= 4 is 39.6 Å². The van der Waals surface area contributed by atoms with Gasteiger partial charge in [0, 0.05) is 23.8 Å². The number of likely N-dealkylation sites (tertiary alicyclic amines) is 1. The third kappa shape index (κ3) is 6.68. The zero-order valence-corrected chi connectivity index (χ0v) is 29.0. The number of ether oxygens (including phenoxy) is 2. The number of alkyl halides is 1. The lowest BCUT2D eigenvalue weighted by Gasteiger charge is -2.42. The van der Waals surface area contributed by atoms with E-state index < -0.39 is 59.6 Å². The number of rotatable bonds is 14. The fraction of sp³-hybridized carbons (Fsp3) is 0.611. The van der Waals surface area contributed by atoms with Crippen molar-refractivity contribution < 1.29 is 33.8 Å². The van der Waals surface area contributed by atoms with Crippen LogP contribution in [0.15, 0.2) is 55.6 Å². The topological polar surface area (TPSA) is 125 Å². The molecule has 1 saturated carbocycles. The van der Waals surface area contributed by atoms with E-state index in [4.69, 9.17) is 9.47 Å². The lowest BCUT2D eigenvalue weighted by atomic mass is 9.70. The second kappa shape index (κ2) is 15.0.